The predicted octanol–water partition coefficient (Wildman–Crippen LogP) is 3.16. The summed E-state index contributed by atoms with van der Waals surface area (Å²) < 4.78 is 13.2. The second-order valence-electron chi connectivity index (χ2n) is 4.83. The molecular weight excluding hydrogens is 229 g/mol. The van der Waals surface area contributed by atoms with Crippen molar-refractivity contribution in [1.29, 1.82) is 0 Å². The van der Waals surface area contributed by atoms with E-state index in [9.17, 15) is 9.18 Å². The first kappa shape index (κ1) is 11.4. The highest BCUT2D eigenvalue weighted by atomic mass is 35.5. The molecule has 0 unspecified atom stereocenters. The molecule has 86 valence electrons. The third-order valence-electron chi connectivity index (χ3n) is 2.90. The number of benzene rings is 1. The molecule has 2 nitrogen and oxygen atoms in total. The van der Waals surface area contributed by atoms with Gasteiger partial charge < -0.3 is 4.90 Å². The Morgan fingerprint density at radius 1 is 1.44 bits per heavy atom. The third kappa shape index (κ3) is 1.59. The van der Waals surface area contributed by atoms with Crippen LogP contribution in [0.15, 0.2) is 12.1 Å². The Balaban J connectivity index is 2.37. The van der Waals surface area contributed by atoms with Crippen molar-refractivity contribution in [1.82, 2.24) is 0 Å². The van der Waals surface area contributed by atoms with Gasteiger partial charge in [-0.1, -0.05) is 11.6 Å². The zero-order valence-corrected chi connectivity index (χ0v) is 10.2. The first-order chi connectivity index (χ1) is 7.33. The van der Waals surface area contributed by atoms with Crippen LogP contribution in [-0.2, 0) is 4.79 Å². The fraction of sp³-hybridized carbons (Fsp3) is 0.417. The molecule has 1 amide bonds. The fourth-order valence-corrected chi connectivity index (χ4v) is 2.10. The van der Waals surface area contributed by atoms with Gasteiger partial charge in [0.25, 0.3) is 0 Å². The predicted molar refractivity (Wildman–Crippen MR) is 62.3 cm³/mol. The summed E-state index contributed by atoms with van der Waals surface area (Å²) in [6.07, 6.45) is 0. The van der Waals surface area contributed by atoms with E-state index in [0.29, 0.717) is 17.8 Å². The Morgan fingerprint density at radius 2 is 2.06 bits per heavy atom. The standard InChI is InChI=1S/C12H13ClFNO/c1-7-4-10(8(13)5-9(7)14)15-6-12(2,3)11(15)16/h4-5H,6H2,1-3H3. The van der Waals surface area contributed by atoms with Crippen LogP contribution in [0.5, 0.6) is 0 Å². The smallest absolute Gasteiger partial charge is 0.234 e. The van der Waals surface area contributed by atoms with Gasteiger partial charge in [0.1, 0.15) is 5.82 Å². The van der Waals surface area contributed by atoms with E-state index in [1.54, 1.807) is 17.9 Å². The highest BCUT2D eigenvalue weighted by molar-refractivity contribution is 6.34. The molecule has 0 aliphatic carbocycles. The molecule has 0 N–H and O–H groups in total. The quantitative estimate of drug-likeness (QED) is 0.692. The lowest BCUT2D eigenvalue weighted by Crippen LogP contribution is -2.58. The highest BCUT2D eigenvalue weighted by Crippen LogP contribution is 2.39. The number of carbonyl (C=O) groups excluding carboxylic acids is 1. The maximum Gasteiger partial charge on any atom is 0.234 e. The minimum atomic E-state index is -0.346. The molecule has 0 saturated carbocycles. The number of aryl methyl sites for hydroxylation is 1. The number of hydrogen-bond donors (Lipinski definition) is 0. The fourth-order valence-electron chi connectivity index (χ4n) is 1.85. The SMILES string of the molecule is Cc1cc(N2CC(C)(C)C2=O)c(Cl)cc1F. The first-order valence-electron chi connectivity index (χ1n) is 5.10. The topological polar surface area (TPSA) is 20.3 Å². The maximum atomic E-state index is 13.2. The lowest BCUT2D eigenvalue weighted by Gasteiger charge is -2.44. The second-order valence-corrected chi connectivity index (χ2v) is 5.24. The normalized spacial score (nSPS) is 18.6. The Hall–Kier alpha value is -1.09. The zero-order valence-electron chi connectivity index (χ0n) is 9.47. The van der Waals surface area contributed by atoms with Gasteiger partial charge in [0.15, 0.2) is 0 Å². The van der Waals surface area contributed by atoms with Crippen LogP contribution in [0.4, 0.5) is 10.1 Å². The molecule has 1 aliphatic rings. The molecule has 0 atom stereocenters. The summed E-state index contributed by atoms with van der Waals surface area (Å²) in [4.78, 5) is 13.4. The Morgan fingerprint density at radius 3 is 2.56 bits per heavy atom. The lowest BCUT2D eigenvalue weighted by molar-refractivity contribution is -0.132. The number of anilines is 1. The summed E-state index contributed by atoms with van der Waals surface area (Å²) in [5, 5.41) is 0.284. The minimum absolute atomic E-state index is 0.0282. The van der Waals surface area contributed by atoms with Crippen LogP contribution in [-0.4, -0.2) is 12.5 Å². The van der Waals surface area contributed by atoms with E-state index >= 15 is 0 Å². The van der Waals surface area contributed by atoms with Gasteiger partial charge >= 0.3 is 0 Å². The van der Waals surface area contributed by atoms with Crippen LogP contribution >= 0.6 is 11.6 Å². The largest absolute Gasteiger partial charge is 0.309 e. The molecule has 2 rings (SSSR count). The second kappa shape index (κ2) is 3.45. The zero-order chi connectivity index (χ0) is 12.1. The van der Waals surface area contributed by atoms with Crippen LogP contribution in [0, 0.1) is 18.2 Å². The minimum Gasteiger partial charge on any atom is -0.309 e. The average Bonchev–Trinajstić information content (AvgIpc) is 2.20. The highest BCUT2D eigenvalue weighted by Gasteiger charge is 2.45. The van der Waals surface area contributed by atoms with Crippen molar-refractivity contribution in [3.63, 3.8) is 0 Å². The molecule has 0 aromatic heterocycles. The number of carbonyl (C=O) groups is 1. The summed E-state index contributed by atoms with van der Waals surface area (Å²) in [5.41, 5.74) is 0.771. The molecule has 4 heteroatoms. The summed E-state index contributed by atoms with van der Waals surface area (Å²) >= 11 is 5.93. The van der Waals surface area contributed by atoms with Crippen molar-refractivity contribution in [2.45, 2.75) is 20.8 Å². The van der Waals surface area contributed by atoms with E-state index in [1.165, 1.54) is 6.07 Å². The number of nitrogens with zero attached hydrogens (tertiary/aromatic N) is 1. The molecule has 1 aromatic rings. The molecule has 1 aromatic carbocycles. The third-order valence-corrected chi connectivity index (χ3v) is 3.20. The molecular formula is C12H13ClFNO. The van der Waals surface area contributed by atoms with Gasteiger partial charge in [0, 0.05) is 6.54 Å². The van der Waals surface area contributed by atoms with Crippen molar-refractivity contribution in [3.8, 4) is 0 Å². The van der Waals surface area contributed by atoms with Crippen LogP contribution in [0.25, 0.3) is 0 Å². The molecule has 16 heavy (non-hydrogen) atoms. The number of β-lactam (4-membered cyclic amide) rings is 1. The van der Waals surface area contributed by atoms with E-state index < -0.39 is 0 Å². The van der Waals surface area contributed by atoms with E-state index in [-0.39, 0.29) is 22.2 Å². The maximum absolute atomic E-state index is 13.2. The molecule has 0 radical (unpaired) electrons. The summed E-state index contributed by atoms with van der Waals surface area (Å²) in [6.45, 7) is 6.05. The monoisotopic (exact) mass is 241 g/mol. The van der Waals surface area contributed by atoms with Gasteiger partial charge in [-0.15, -0.1) is 0 Å². The summed E-state index contributed by atoms with van der Waals surface area (Å²) in [7, 11) is 0. The Bertz CT molecular complexity index is 470. The van der Waals surface area contributed by atoms with E-state index in [1.807, 2.05) is 13.8 Å². The molecule has 1 fully saturated rings. The van der Waals surface area contributed by atoms with Crippen molar-refractivity contribution in [2.75, 3.05) is 11.4 Å². The van der Waals surface area contributed by atoms with Crippen molar-refractivity contribution in [3.05, 3.63) is 28.5 Å². The average molecular weight is 242 g/mol. The number of amides is 1. The Kier molecular flexibility index (Phi) is 2.46. The Labute approximate surface area is 99.0 Å². The molecule has 0 spiro atoms. The summed E-state index contributed by atoms with van der Waals surface area (Å²) in [6, 6.07) is 2.87. The van der Waals surface area contributed by atoms with Gasteiger partial charge in [0.2, 0.25) is 5.91 Å². The van der Waals surface area contributed by atoms with Gasteiger partial charge in [-0.25, -0.2) is 4.39 Å². The van der Waals surface area contributed by atoms with Crippen molar-refractivity contribution >= 4 is 23.2 Å². The van der Waals surface area contributed by atoms with E-state index in [0.717, 1.165) is 0 Å². The van der Waals surface area contributed by atoms with Gasteiger partial charge in [0.05, 0.1) is 16.1 Å². The number of hydrogen-bond acceptors (Lipinski definition) is 1. The van der Waals surface area contributed by atoms with Crippen molar-refractivity contribution < 1.29 is 9.18 Å². The summed E-state index contributed by atoms with van der Waals surface area (Å²) in [5.74, 6) is -0.318. The van der Waals surface area contributed by atoms with Crippen molar-refractivity contribution in [2.24, 2.45) is 5.41 Å². The van der Waals surface area contributed by atoms with Crippen LogP contribution in [0.2, 0.25) is 5.02 Å². The van der Waals surface area contributed by atoms with Crippen LogP contribution in [0.3, 0.4) is 0 Å². The van der Waals surface area contributed by atoms with Crippen LogP contribution in [0.1, 0.15) is 19.4 Å². The van der Waals surface area contributed by atoms with Crippen LogP contribution < -0.4 is 4.90 Å². The van der Waals surface area contributed by atoms with E-state index in [2.05, 4.69) is 0 Å². The molecule has 1 heterocycles. The van der Waals surface area contributed by atoms with Gasteiger partial charge in [-0.05, 0) is 38.5 Å². The molecule has 1 aliphatic heterocycles. The number of rotatable bonds is 1. The lowest BCUT2D eigenvalue weighted by atomic mass is 9.82. The molecule has 1 saturated heterocycles. The molecule has 0 bridgehead atoms. The number of halogens is 2. The first-order valence-corrected chi connectivity index (χ1v) is 5.48. The van der Waals surface area contributed by atoms with E-state index in [4.69, 9.17) is 11.6 Å². The van der Waals surface area contributed by atoms with Gasteiger partial charge in [-0.3, -0.25) is 4.79 Å². The van der Waals surface area contributed by atoms with Gasteiger partial charge in [-0.2, -0.15) is 0 Å².